The van der Waals surface area contributed by atoms with E-state index in [4.69, 9.17) is 9.47 Å². The van der Waals surface area contributed by atoms with Crippen LogP contribution in [0.5, 0.6) is 11.5 Å². The van der Waals surface area contributed by atoms with Crippen LogP contribution in [0.15, 0.2) is 46.9 Å². The van der Waals surface area contributed by atoms with E-state index in [9.17, 15) is 9.18 Å². The number of halogens is 2. The Morgan fingerprint density at radius 1 is 1.22 bits per heavy atom. The molecule has 0 saturated carbocycles. The molecular weight excluding hydrogens is 365 g/mol. The second-order valence-corrected chi connectivity index (χ2v) is 5.84. The van der Waals surface area contributed by atoms with Crippen LogP contribution in [-0.2, 0) is 11.3 Å². The van der Waals surface area contributed by atoms with Crippen LogP contribution in [0.25, 0.3) is 0 Å². The van der Waals surface area contributed by atoms with Crippen LogP contribution in [0.3, 0.4) is 0 Å². The van der Waals surface area contributed by atoms with Crippen LogP contribution in [-0.4, -0.2) is 31.6 Å². The molecule has 0 spiro atoms. The number of ether oxygens (including phenoxy) is 2. The van der Waals surface area contributed by atoms with Crippen molar-refractivity contribution in [2.45, 2.75) is 6.54 Å². The van der Waals surface area contributed by atoms with Crippen molar-refractivity contribution in [3.05, 3.63) is 58.3 Å². The van der Waals surface area contributed by atoms with Gasteiger partial charge in [-0.05, 0) is 24.3 Å². The SMILES string of the molecule is COc1ccccc1CN(C)C(=O)COc1ccc(Br)cc1F. The Morgan fingerprint density at radius 3 is 2.65 bits per heavy atom. The second-order valence-electron chi connectivity index (χ2n) is 4.93. The van der Waals surface area contributed by atoms with Crippen molar-refractivity contribution in [3.8, 4) is 11.5 Å². The van der Waals surface area contributed by atoms with Crippen molar-refractivity contribution in [3.63, 3.8) is 0 Å². The van der Waals surface area contributed by atoms with Crippen LogP contribution in [0.1, 0.15) is 5.56 Å². The molecule has 0 saturated heterocycles. The van der Waals surface area contributed by atoms with Gasteiger partial charge in [-0.2, -0.15) is 0 Å². The van der Waals surface area contributed by atoms with Gasteiger partial charge in [-0.15, -0.1) is 0 Å². The maximum atomic E-state index is 13.7. The number of carbonyl (C=O) groups is 1. The van der Waals surface area contributed by atoms with Gasteiger partial charge in [-0.1, -0.05) is 34.1 Å². The first-order valence-electron chi connectivity index (χ1n) is 6.95. The molecule has 6 heteroatoms. The number of hydrogen-bond donors (Lipinski definition) is 0. The minimum absolute atomic E-state index is 0.0484. The number of carbonyl (C=O) groups excluding carboxylic acids is 1. The van der Waals surface area contributed by atoms with Gasteiger partial charge in [-0.3, -0.25) is 4.79 Å². The fourth-order valence-corrected chi connectivity index (χ4v) is 2.35. The molecule has 0 aliphatic rings. The average Bonchev–Trinajstić information content (AvgIpc) is 2.54. The van der Waals surface area contributed by atoms with E-state index >= 15 is 0 Å². The van der Waals surface area contributed by atoms with E-state index in [-0.39, 0.29) is 18.3 Å². The van der Waals surface area contributed by atoms with Gasteiger partial charge in [-0.25, -0.2) is 4.39 Å². The summed E-state index contributed by atoms with van der Waals surface area (Å²) in [6.07, 6.45) is 0. The number of benzene rings is 2. The lowest BCUT2D eigenvalue weighted by atomic mass is 10.2. The fourth-order valence-electron chi connectivity index (χ4n) is 2.02. The van der Waals surface area contributed by atoms with Gasteiger partial charge in [0.1, 0.15) is 5.75 Å². The van der Waals surface area contributed by atoms with E-state index in [0.29, 0.717) is 16.8 Å². The first kappa shape index (κ1) is 17.3. The molecule has 0 unspecified atom stereocenters. The number of nitrogens with zero attached hydrogens (tertiary/aromatic N) is 1. The summed E-state index contributed by atoms with van der Waals surface area (Å²) >= 11 is 3.17. The smallest absolute Gasteiger partial charge is 0.260 e. The molecule has 2 aromatic rings. The summed E-state index contributed by atoms with van der Waals surface area (Å²) < 4.78 is 24.8. The molecule has 1 amide bonds. The van der Waals surface area contributed by atoms with Gasteiger partial charge in [0.25, 0.3) is 5.91 Å². The Labute approximate surface area is 142 Å². The standard InChI is InChI=1S/C17H17BrFNO3/c1-20(10-12-5-3-4-6-15(12)22-2)17(21)11-23-16-8-7-13(18)9-14(16)19/h3-9H,10-11H2,1-2H3. The van der Waals surface area contributed by atoms with Crippen LogP contribution >= 0.6 is 15.9 Å². The number of likely N-dealkylation sites (N-methyl/N-ethyl adjacent to an activating group) is 1. The summed E-state index contributed by atoms with van der Waals surface area (Å²) in [4.78, 5) is 13.6. The van der Waals surface area contributed by atoms with E-state index in [1.54, 1.807) is 20.2 Å². The summed E-state index contributed by atoms with van der Waals surface area (Å²) in [5.41, 5.74) is 0.890. The minimum atomic E-state index is -0.514. The Balaban J connectivity index is 1.95. The third-order valence-electron chi connectivity index (χ3n) is 3.27. The molecule has 0 bridgehead atoms. The van der Waals surface area contributed by atoms with Crippen molar-refractivity contribution in [2.24, 2.45) is 0 Å². The quantitative estimate of drug-likeness (QED) is 0.766. The molecule has 0 N–H and O–H groups in total. The monoisotopic (exact) mass is 381 g/mol. The van der Waals surface area contributed by atoms with E-state index in [2.05, 4.69) is 15.9 Å². The zero-order valence-electron chi connectivity index (χ0n) is 12.9. The Kier molecular flexibility index (Phi) is 5.98. The number of para-hydroxylation sites is 1. The Hall–Kier alpha value is -2.08. The first-order chi connectivity index (χ1) is 11.0. The molecule has 0 aliphatic carbocycles. The topological polar surface area (TPSA) is 38.8 Å². The van der Waals surface area contributed by atoms with Crippen LogP contribution in [0.4, 0.5) is 4.39 Å². The molecular formula is C17H17BrFNO3. The zero-order chi connectivity index (χ0) is 16.8. The van der Waals surface area contributed by atoms with E-state index in [1.807, 2.05) is 24.3 Å². The van der Waals surface area contributed by atoms with Gasteiger partial charge < -0.3 is 14.4 Å². The third kappa shape index (κ3) is 4.69. The van der Waals surface area contributed by atoms with Gasteiger partial charge in [0.05, 0.1) is 7.11 Å². The Morgan fingerprint density at radius 2 is 1.96 bits per heavy atom. The highest BCUT2D eigenvalue weighted by Crippen LogP contribution is 2.22. The van der Waals surface area contributed by atoms with Gasteiger partial charge in [0, 0.05) is 23.6 Å². The van der Waals surface area contributed by atoms with Crippen molar-refractivity contribution in [1.29, 1.82) is 0 Å². The maximum absolute atomic E-state index is 13.7. The largest absolute Gasteiger partial charge is 0.496 e. The average molecular weight is 382 g/mol. The summed E-state index contributed by atoms with van der Waals surface area (Å²) in [7, 11) is 3.25. The maximum Gasteiger partial charge on any atom is 0.260 e. The summed E-state index contributed by atoms with van der Waals surface area (Å²) in [6, 6.07) is 11.9. The lowest BCUT2D eigenvalue weighted by molar-refractivity contribution is -0.132. The number of hydrogen-bond acceptors (Lipinski definition) is 3. The summed E-state index contributed by atoms with van der Waals surface area (Å²) in [5, 5.41) is 0. The predicted molar refractivity (Wildman–Crippen MR) is 89.1 cm³/mol. The van der Waals surface area contributed by atoms with Crippen molar-refractivity contribution < 1.29 is 18.7 Å². The highest BCUT2D eigenvalue weighted by molar-refractivity contribution is 9.10. The van der Waals surface area contributed by atoms with E-state index in [0.717, 1.165) is 5.56 Å². The van der Waals surface area contributed by atoms with Crippen molar-refractivity contribution in [2.75, 3.05) is 20.8 Å². The number of methoxy groups -OCH3 is 1. The van der Waals surface area contributed by atoms with E-state index in [1.165, 1.54) is 17.0 Å². The second kappa shape index (κ2) is 7.97. The van der Waals surface area contributed by atoms with Crippen LogP contribution < -0.4 is 9.47 Å². The number of rotatable bonds is 6. The molecule has 122 valence electrons. The van der Waals surface area contributed by atoms with Crippen molar-refractivity contribution in [1.82, 2.24) is 4.90 Å². The highest BCUT2D eigenvalue weighted by Gasteiger charge is 2.13. The lowest BCUT2D eigenvalue weighted by Gasteiger charge is -2.19. The molecule has 0 fully saturated rings. The molecule has 0 radical (unpaired) electrons. The third-order valence-corrected chi connectivity index (χ3v) is 3.76. The lowest BCUT2D eigenvalue weighted by Crippen LogP contribution is -2.31. The first-order valence-corrected chi connectivity index (χ1v) is 7.74. The molecule has 0 heterocycles. The van der Waals surface area contributed by atoms with Crippen LogP contribution in [0.2, 0.25) is 0 Å². The molecule has 23 heavy (non-hydrogen) atoms. The summed E-state index contributed by atoms with van der Waals surface area (Å²) in [5.74, 6) is -0.00274. The van der Waals surface area contributed by atoms with Gasteiger partial charge >= 0.3 is 0 Å². The molecule has 0 aliphatic heterocycles. The molecule has 0 aromatic heterocycles. The molecule has 2 rings (SSSR count). The van der Waals surface area contributed by atoms with Crippen LogP contribution in [0, 0.1) is 5.82 Å². The predicted octanol–water partition coefficient (Wildman–Crippen LogP) is 3.63. The minimum Gasteiger partial charge on any atom is -0.496 e. The molecule has 0 atom stereocenters. The van der Waals surface area contributed by atoms with E-state index < -0.39 is 5.82 Å². The summed E-state index contributed by atoms with van der Waals surface area (Å²) in [6.45, 7) is 0.152. The zero-order valence-corrected chi connectivity index (χ0v) is 14.5. The number of amides is 1. The molecule has 4 nitrogen and oxygen atoms in total. The highest BCUT2D eigenvalue weighted by atomic mass is 79.9. The normalized spacial score (nSPS) is 10.3. The molecule has 2 aromatic carbocycles. The fraction of sp³-hybridized carbons (Fsp3) is 0.235. The van der Waals surface area contributed by atoms with Gasteiger partial charge in [0.2, 0.25) is 0 Å². The van der Waals surface area contributed by atoms with Crippen molar-refractivity contribution >= 4 is 21.8 Å². The van der Waals surface area contributed by atoms with Gasteiger partial charge in [0.15, 0.2) is 18.2 Å². The Bertz CT molecular complexity index is 693.